The van der Waals surface area contributed by atoms with E-state index in [0.717, 1.165) is 62.7 Å². The van der Waals surface area contributed by atoms with Crippen LogP contribution in [0.25, 0.3) is 11.0 Å². The first-order chi connectivity index (χ1) is 17.5. The van der Waals surface area contributed by atoms with Crippen LogP contribution in [0.15, 0.2) is 42.5 Å². The van der Waals surface area contributed by atoms with Crippen LogP contribution >= 0.6 is 11.6 Å². The fourth-order valence-electron chi connectivity index (χ4n) is 5.45. The number of likely N-dealkylation sites (tertiary alicyclic amines) is 1. The van der Waals surface area contributed by atoms with Crippen LogP contribution in [0, 0.1) is 5.92 Å². The summed E-state index contributed by atoms with van der Waals surface area (Å²) in [7, 11) is 0. The molecule has 8 nitrogen and oxygen atoms in total. The first-order valence-corrected chi connectivity index (χ1v) is 13.2. The molecule has 3 unspecified atom stereocenters. The van der Waals surface area contributed by atoms with Gasteiger partial charge in [-0.15, -0.1) is 0 Å². The van der Waals surface area contributed by atoms with Gasteiger partial charge < -0.3 is 10.1 Å². The van der Waals surface area contributed by atoms with E-state index in [4.69, 9.17) is 16.3 Å². The lowest BCUT2D eigenvalue weighted by Gasteiger charge is -2.27. The van der Waals surface area contributed by atoms with Gasteiger partial charge in [0, 0.05) is 42.2 Å². The van der Waals surface area contributed by atoms with Crippen molar-refractivity contribution in [3.05, 3.63) is 58.6 Å². The molecule has 5 rings (SSSR count). The number of hydrogen-bond acceptors (Lipinski definition) is 6. The van der Waals surface area contributed by atoms with Crippen molar-refractivity contribution in [3.8, 4) is 0 Å². The van der Waals surface area contributed by atoms with Crippen LogP contribution in [-0.4, -0.2) is 57.4 Å². The van der Waals surface area contributed by atoms with Crippen molar-refractivity contribution < 1.29 is 14.3 Å². The van der Waals surface area contributed by atoms with E-state index >= 15 is 0 Å². The number of nitrogens with zero attached hydrogens (tertiary/aromatic N) is 3. The molecule has 1 saturated carbocycles. The zero-order chi connectivity index (χ0) is 24.9. The Morgan fingerprint density at radius 1 is 1.03 bits per heavy atom. The lowest BCUT2D eigenvalue weighted by Crippen LogP contribution is -2.39. The summed E-state index contributed by atoms with van der Waals surface area (Å²) in [6.07, 6.45) is 6.87. The highest BCUT2D eigenvalue weighted by Crippen LogP contribution is 2.30. The Labute approximate surface area is 215 Å². The van der Waals surface area contributed by atoms with Gasteiger partial charge in [0.1, 0.15) is 17.6 Å². The van der Waals surface area contributed by atoms with Gasteiger partial charge in [0.05, 0.1) is 0 Å². The molecule has 1 aromatic heterocycles. The van der Waals surface area contributed by atoms with E-state index in [9.17, 15) is 9.59 Å². The summed E-state index contributed by atoms with van der Waals surface area (Å²) in [5.74, 6) is 0.184. The zero-order valence-electron chi connectivity index (χ0n) is 20.3. The van der Waals surface area contributed by atoms with Gasteiger partial charge in [-0.05, 0) is 73.9 Å². The monoisotopic (exact) mass is 509 g/mol. The molecule has 3 aromatic rings. The van der Waals surface area contributed by atoms with E-state index in [1.54, 1.807) is 12.1 Å². The minimum atomic E-state index is -0.124. The number of halogens is 1. The Bertz CT molecular complexity index is 1200. The van der Waals surface area contributed by atoms with Crippen molar-refractivity contribution in [2.24, 2.45) is 5.92 Å². The lowest BCUT2D eigenvalue weighted by atomic mass is 9.96. The first-order valence-electron chi connectivity index (χ1n) is 12.8. The summed E-state index contributed by atoms with van der Waals surface area (Å²) in [6.45, 7) is 2.15. The van der Waals surface area contributed by atoms with Crippen molar-refractivity contribution >= 4 is 34.5 Å². The highest BCUT2D eigenvalue weighted by atomic mass is 35.5. The van der Waals surface area contributed by atoms with E-state index in [2.05, 4.69) is 25.6 Å². The van der Waals surface area contributed by atoms with Gasteiger partial charge in [-0.3, -0.25) is 14.5 Å². The molecule has 2 aromatic carbocycles. The van der Waals surface area contributed by atoms with Crippen molar-refractivity contribution in [3.63, 3.8) is 0 Å². The molecular weight excluding hydrogens is 478 g/mol. The SMILES string of the molecule is O=C(CC1CCCC(N2CCC(NC(=O)c3ccc4n[nH]nc4c3)C2)CC1)OCc1ccc(Cl)cc1. The molecule has 1 saturated heterocycles. The largest absolute Gasteiger partial charge is 0.461 e. The molecule has 0 spiro atoms. The number of H-pyrrole nitrogens is 1. The number of amides is 1. The average molecular weight is 510 g/mol. The predicted molar refractivity (Wildman–Crippen MR) is 138 cm³/mol. The number of ether oxygens (including phenoxy) is 1. The first kappa shape index (κ1) is 24.7. The summed E-state index contributed by atoms with van der Waals surface area (Å²) in [5, 5.41) is 14.6. The number of carbonyl (C=O) groups excluding carboxylic acids is 2. The molecule has 1 aliphatic carbocycles. The number of carbonyl (C=O) groups is 2. The van der Waals surface area contributed by atoms with Crippen molar-refractivity contribution in [1.82, 2.24) is 25.6 Å². The fraction of sp³-hybridized carbons (Fsp3) is 0.481. The number of aromatic nitrogens is 3. The van der Waals surface area contributed by atoms with Gasteiger partial charge in [0.25, 0.3) is 5.91 Å². The minimum absolute atomic E-state index is 0.0650. The van der Waals surface area contributed by atoms with Crippen LogP contribution in [0.2, 0.25) is 5.02 Å². The Morgan fingerprint density at radius 3 is 2.72 bits per heavy atom. The molecule has 2 aliphatic rings. The van der Waals surface area contributed by atoms with Gasteiger partial charge in [0.2, 0.25) is 0 Å². The Balaban J connectivity index is 1.05. The summed E-state index contributed by atoms with van der Waals surface area (Å²) in [6, 6.07) is 13.4. The molecule has 3 atom stereocenters. The van der Waals surface area contributed by atoms with Gasteiger partial charge in [-0.1, -0.05) is 30.2 Å². The molecule has 36 heavy (non-hydrogen) atoms. The quantitative estimate of drug-likeness (QED) is 0.359. The number of rotatable bonds is 7. The van der Waals surface area contributed by atoms with Crippen molar-refractivity contribution in [2.45, 2.75) is 63.6 Å². The molecule has 190 valence electrons. The maximum Gasteiger partial charge on any atom is 0.306 e. The van der Waals surface area contributed by atoms with Gasteiger partial charge >= 0.3 is 5.97 Å². The van der Waals surface area contributed by atoms with Gasteiger partial charge in [-0.25, -0.2) is 0 Å². The minimum Gasteiger partial charge on any atom is -0.461 e. The molecular formula is C27H32ClN5O3. The van der Waals surface area contributed by atoms with E-state index in [1.807, 2.05) is 30.3 Å². The number of esters is 1. The highest BCUT2D eigenvalue weighted by Gasteiger charge is 2.31. The molecule has 2 heterocycles. The predicted octanol–water partition coefficient (Wildman–Crippen LogP) is 4.50. The van der Waals surface area contributed by atoms with E-state index in [0.29, 0.717) is 41.1 Å². The van der Waals surface area contributed by atoms with E-state index in [-0.39, 0.29) is 17.9 Å². The number of nitrogens with one attached hydrogen (secondary N) is 2. The van der Waals surface area contributed by atoms with Crippen LogP contribution in [0.4, 0.5) is 0 Å². The zero-order valence-corrected chi connectivity index (χ0v) is 21.0. The number of benzene rings is 2. The third-order valence-corrected chi connectivity index (χ3v) is 7.73. The van der Waals surface area contributed by atoms with Crippen LogP contribution in [0.3, 0.4) is 0 Å². The Kier molecular flexibility index (Phi) is 7.82. The van der Waals surface area contributed by atoms with Crippen molar-refractivity contribution in [2.75, 3.05) is 13.1 Å². The van der Waals surface area contributed by atoms with Gasteiger partial charge in [0.15, 0.2) is 0 Å². The maximum absolute atomic E-state index is 12.8. The smallest absolute Gasteiger partial charge is 0.306 e. The van der Waals surface area contributed by atoms with Crippen LogP contribution in [0.1, 0.15) is 60.9 Å². The summed E-state index contributed by atoms with van der Waals surface area (Å²) < 4.78 is 5.50. The molecule has 0 radical (unpaired) electrons. The van der Waals surface area contributed by atoms with E-state index < -0.39 is 0 Å². The molecule has 0 bridgehead atoms. The number of fused-ring (bicyclic) bond motifs is 1. The second-order valence-corrected chi connectivity index (χ2v) is 10.4. The number of aromatic amines is 1. The fourth-order valence-corrected chi connectivity index (χ4v) is 5.58. The highest BCUT2D eigenvalue weighted by molar-refractivity contribution is 6.30. The normalized spacial score (nSPS) is 22.9. The summed E-state index contributed by atoms with van der Waals surface area (Å²) in [5.41, 5.74) is 3.00. The molecule has 1 amide bonds. The summed E-state index contributed by atoms with van der Waals surface area (Å²) in [4.78, 5) is 27.7. The third kappa shape index (κ3) is 6.23. The van der Waals surface area contributed by atoms with Crippen LogP contribution in [0.5, 0.6) is 0 Å². The second kappa shape index (κ2) is 11.4. The Hall–Kier alpha value is -2.97. The van der Waals surface area contributed by atoms with E-state index in [1.165, 1.54) is 0 Å². The lowest BCUT2D eigenvalue weighted by molar-refractivity contribution is -0.146. The topological polar surface area (TPSA) is 100 Å². The standard InChI is InChI=1S/C27H32ClN5O3/c28-21-8-4-19(5-9-21)17-36-26(34)14-18-2-1-3-23(10-6-18)33-13-12-22(16-33)29-27(35)20-7-11-24-25(15-20)31-32-30-24/h4-5,7-9,11,15,18,22-23H,1-3,6,10,12-14,16-17H2,(H,29,35)(H,30,31,32). The Morgan fingerprint density at radius 2 is 1.86 bits per heavy atom. The molecule has 9 heteroatoms. The second-order valence-electron chi connectivity index (χ2n) is 10.0. The van der Waals surface area contributed by atoms with Crippen LogP contribution in [-0.2, 0) is 16.1 Å². The third-order valence-electron chi connectivity index (χ3n) is 7.48. The molecule has 1 aliphatic heterocycles. The maximum atomic E-state index is 12.8. The summed E-state index contributed by atoms with van der Waals surface area (Å²) >= 11 is 5.91. The van der Waals surface area contributed by atoms with Crippen molar-refractivity contribution in [1.29, 1.82) is 0 Å². The van der Waals surface area contributed by atoms with Gasteiger partial charge in [-0.2, -0.15) is 15.4 Å². The molecule has 2 fully saturated rings. The molecule has 2 N–H and O–H groups in total. The van der Waals surface area contributed by atoms with Crippen LogP contribution < -0.4 is 5.32 Å². The number of hydrogen-bond donors (Lipinski definition) is 2. The average Bonchev–Trinajstić information content (AvgIpc) is 3.48.